The Morgan fingerprint density at radius 2 is 1.02 bits per heavy atom. The lowest BCUT2D eigenvalue weighted by Gasteiger charge is -2.10. The van der Waals surface area contributed by atoms with Crippen LogP contribution in [-0.2, 0) is 0 Å². The molecule has 4 aromatic heterocycles. The Morgan fingerprint density at radius 3 is 1.83 bits per heavy atom. The summed E-state index contributed by atoms with van der Waals surface area (Å²) >= 11 is 1.77. The van der Waals surface area contributed by atoms with Gasteiger partial charge in [0.2, 0.25) is 0 Å². The molecular formula is C42H24N4OS. The summed E-state index contributed by atoms with van der Waals surface area (Å²) in [5, 5.41) is 5.55. The Hall–Kier alpha value is -6.24. The van der Waals surface area contributed by atoms with Crippen LogP contribution >= 0.6 is 11.3 Å². The normalized spacial score (nSPS) is 11.8. The van der Waals surface area contributed by atoms with Crippen LogP contribution in [0.5, 0.6) is 0 Å². The molecule has 0 aliphatic carbocycles. The Kier molecular flexibility index (Phi) is 5.98. The molecule has 4 heterocycles. The molecule has 0 bridgehead atoms. The van der Waals surface area contributed by atoms with Crippen molar-refractivity contribution in [2.45, 2.75) is 0 Å². The number of hydrogen-bond donors (Lipinski definition) is 0. The van der Waals surface area contributed by atoms with E-state index in [1.165, 1.54) is 20.2 Å². The molecule has 10 rings (SSSR count). The molecule has 6 heteroatoms. The Labute approximate surface area is 278 Å². The lowest BCUT2D eigenvalue weighted by Crippen LogP contribution is -2.00. The van der Waals surface area contributed by atoms with Gasteiger partial charge in [-0.25, -0.2) is 19.9 Å². The topological polar surface area (TPSA) is 64.7 Å². The minimum absolute atomic E-state index is 0.623. The Balaban J connectivity index is 1.14. The number of fused-ring (bicyclic) bond motifs is 8. The van der Waals surface area contributed by atoms with Crippen LogP contribution in [0.4, 0.5) is 0 Å². The van der Waals surface area contributed by atoms with Crippen LogP contribution in [0, 0.1) is 0 Å². The van der Waals surface area contributed by atoms with Gasteiger partial charge in [0.25, 0.3) is 0 Å². The zero-order chi connectivity index (χ0) is 31.6. The number of para-hydroxylation sites is 1. The molecule has 0 N–H and O–H groups in total. The maximum atomic E-state index is 6.29. The highest BCUT2D eigenvalue weighted by Crippen LogP contribution is 2.40. The summed E-state index contributed by atoms with van der Waals surface area (Å²) in [4.78, 5) is 20.3. The van der Waals surface area contributed by atoms with E-state index in [1.54, 1.807) is 11.3 Å². The second-order valence-electron chi connectivity index (χ2n) is 11.8. The third-order valence-corrected chi connectivity index (χ3v) is 10.2. The van der Waals surface area contributed by atoms with Crippen LogP contribution in [0.3, 0.4) is 0 Å². The number of aromatic nitrogens is 4. The van der Waals surface area contributed by atoms with E-state index in [0.717, 1.165) is 60.8 Å². The maximum Gasteiger partial charge on any atom is 0.165 e. The first-order valence-corrected chi connectivity index (χ1v) is 16.6. The second-order valence-corrected chi connectivity index (χ2v) is 12.9. The summed E-state index contributed by atoms with van der Waals surface area (Å²) in [5.41, 5.74) is 7.29. The molecule has 48 heavy (non-hydrogen) atoms. The number of hydrogen-bond acceptors (Lipinski definition) is 6. The minimum atomic E-state index is 0.623. The van der Waals surface area contributed by atoms with Gasteiger partial charge in [-0.3, -0.25) is 0 Å². The number of rotatable bonds is 4. The average Bonchev–Trinajstić information content (AvgIpc) is 3.74. The number of thiophene rings is 1. The monoisotopic (exact) mass is 632 g/mol. The van der Waals surface area contributed by atoms with Gasteiger partial charge in [-0.15, -0.1) is 11.3 Å². The first kappa shape index (κ1) is 26.9. The van der Waals surface area contributed by atoms with Crippen molar-refractivity contribution in [2.24, 2.45) is 0 Å². The predicted molar refractivity (Wildman–Crippen MR) is 197 cm³/mol. The van der Waals surface area contributed by atoms with E-state index in [2.05, 4.69) is 84.9 Å². The van der Waals surface area contributed by atoms with Crippen molar-refractivity contribution >= 4 is 64.4 Å². The molecule has 0 saturated heterocycles. The van der Waals surface area contributed by atoms with E-state index < -0.39 is 0 Å². The zero-order valence-electron chi connectivity index (χ0n) is 25.5. The summed E-state index contributed by atoms with van der Waals surface area (Å²) in [6.07, 6.45) is 0. The lowest BCUT2D eigenvalue weighted by atomic mass is 10.0. The highest BCUT2D eigenvalue weighted by molar-refractivity contribution is 7.26. The van der Waals surface area contributed by atoms with Crippen molar-refractivity contribution in [1.29, 1.82) is 0 Å². The highest BCUT2D eigenvalue weighted by Gasteiger charge is 2.18. The molecule has 10 aromatic rings. The van der Waals surface area contributed by atoms with Crippen molar-refractivity contribution in [3.05, 3.63) is 146 Å². The molecule has 6 aromatic carbocycles. The van der Waals surface area contributed by atoms with Crippen LogP contribution in [0.25, 0.3) is 98.4 Å². The molecule has 0 saturated carbocycles. The molecule has 0 radical (unpaired) electrons. The smallest absolute Gasteiger partial charge is 0.165 e. The fourth-order valence-electron chi connectivity index (χ4n) is 6.65. The van der Waals surface area contributed by atoms with Crippen LogP contribution < -0.4 is 0 Å². The summed E-state index contributed by atoms with van der Waals surface area (Å²) in [5.74, 6) is 1.92. The molecule has 0 aliphatic rings. The van der Waals surface area contributed by atoms with Gasteiger partial charge in [0.15, 0.2) is 23.1 Å². The first-order chi connectivity index (χ1) is 23.8. The third kappa shape index (κ3) is 4.24. The van der Waals surface area contributed by atoms with Crippen LogP contribution in [0.15, 0.2) is 150 Å². The molecule has 224 valence electrons. The van der Waals surface area contributed by atoms with Crippen molar-refractivity contribution in [3.63, 3.8) is 0 Å². The lowest BCUT2D eigenvalue weighted by molar-refractivity contribution is 0.672. The standard InChI is InChI=1S/C42H24N4OS/c1-2-11-26(12-3-1)40-44-41(46-42(45-40)33-18-10-17-31-28-13-7-9-20-35(28)48-39(31)33)27-23-21-25(22-24-27)36-29-14-4-5-15-30(29)38-37(43-36)32-16-6-8-19-34(32)47-38/h1-24H. The number of nitrogens with zero attached hydrogens (tertiary/aromatic N) is 4. The molecular weight excluding hydrogens is 609 g/mol. The zero-order valence-corrected chi connectivity index (χ0v) is 26.3. The third-order valence-electron chi connectivity index (χ3n) is 8.95. The fraction of sp³-hybridized carbons (Fsp3) is 0. The summed E-state index contributed by atoms with van der Waals surface area (Å²) in [6, 6.07) is 49.8. The van der Waals surface area contributed by atoms with E-state index in [4.69, 9.17) is 24.4 Å². The molecule has 0 atom stereocenters. The van der Waals surface area contributed by atoms with Crippen molar-refractivity contribution in [1.82, 2.24) is 19.9 Å². The van der Waals surface area contributed by atoms with Gasteiger partial charge in [-0.05, 0) is 24.3 Å². The molecule has 0 fully saturated rings. The van der Waals surface area contributed by atoms with Gasteiger partial charge in [0, 0.05) is 58.6 Å². The molecule has 0 aliphatic heterocycles. The minimum Gasteiger partial charge on any atom is -0.454 e. The van der Waals surface area contributed by atoms with Gasteiger partial charge < -0.3 is 4.42 Å². The largest absolute Gasteiger partial charge is 0.454 e. The highest BCUT2D eigenvalue weighted by atomic mass is 32.1. The van der Waals surface area contributed by atoms with Crippen LogP contribution in [0.1, 0.15) is 0 Å². The molecule has 0 unspecified atom stereocenters. The number of pyridine rings is 1. The number of furan rings is 1. The molecule has 5 nitrogen and oxygen atoms in total. The van der Waals surface area contributed by atoms with Crippen LogP contribution in [0.2, 0.25) is 0 Å². The quantitative estimate of drug-likeness (QED) is 0.193. The summed E-state index contributed by atoms with van der Waals surface area (Å²) in [7, 11) is 0. The van der Waals surface area contributed by atoms with Gasteiger partial charge in [-0.2, -0.15) is 0 Å². The predicted octanol–water partition coefficient (Wildman–Crippen LogP) is 11.4. The Morgan fingerprint density at radius 1 is 0.417 bits per heavy atom. The molecule has 0 amide bonds. The van der Waals surface area contributed by atoms with Gasteiger partial charge in [0.1, 0.15) is 11.1 Å². The van der Waals surface area contributed by atoms with Gasteiger partial charge in [-0.1, -0.05) is 121 Å². The van der Waals surface area contributed by atoms with Crippen molar-refractivity contribution in [3.8, 4) is 45.4 Å². The van der Waals surface area contributed by atoms with E-state index in [-0.39, 0.29) is 0 Å². The summed E-state index contributed by atoms with van der Waals surface area (Å²) < 4.78 is 8.71. The SMILES string of the molecule is c1ccc(-c2nc(-c3ccc(-c4nc5c6ccccc6oc5c5ccccc45)cc3)nc(-c3cccc4c3sc3ccccc34)n2)cc1. The van der Waals surface area contributed by atoms with E-state index in [1.807, 2.05) is 60.7 Å². The molecule has 0 spiro atoms. The fourth-order valence-corrected chi connectivity index (χ4v) is 7.86. The first-order valence-electron chi connectivity index (χ1n) is 15.8. The van der Waals surface area contributed by atoms with Gasteiger partial charge >= 0.3 is 0 Å². The van der Waals surface area contributed by atoms with Gasteiger partial charge in [0.05, 0.1) is 5.69 Å². The van der Waals surface area contributed by atoms with Crippen molar-refractivity contribution in [2.75, 3.05) is 0 Å². The average molecular weight is 633 g/mol. The van der Waals surface area contributed by atoms with E-state index in [0.29, 0.717) is 17.5 Å². The van der Waals surface area contributed by atoms with E-state index in [9.17, 15) is 0 Å². The number of benzene rings is 6. The van der Waals surface area contributed by atoms with E-state index >= 15 is 0 Å². The maximum absolute atomic E-state index is 6.29. The Bertz CT molecular complexity index is 2840. The summed E-state index contributed by atoms with van der Waals surface area (Å²) in [6.45, 7) is 0. The van der Waals surface area contributed by atoms with Crippen LogP contribution in [-0.4, -0.2) is 19.9 Å². The van der Waals surface area contributed by atoms with Crippen molar-refractivity contribution < 1.29 is 4.42 Å². The second kappa shape index (κ2) is 10.7.